The lowest BCUT2D eigenvalue weighted by atomic mass is 10.3. The summed E-state index contributed by atoms with van der Waals surface area (Å²) in [5, 5.41) is 13.2. The molecule has 8 heteroatoms. The molecule has 3 rings (SSSR count). The van der Waals surface area contributed by atoms with E-state index in [0.717, 1.165) is 18.9 Å². The minimum Gasteiger partial charge on any atom is -0.465 e. The molecule has 1 aliphatic rings. The SMILES string of the molecule is O=C(O)Nc1ccc(Oc2ccnc(NC(=O)C3CC3)c2)cc1F. The first-order chi connectivity index (χ1) is 11.5. The number of carbonyl (C=O) groups is 2. The second kappa shape index (κ2) is 6.53. The number of halogens is 1. The quantitative estimate of drug-likeness (QED) is 0.779. The number of pyridine rings is 1. The van der Waals surface area contributed by atoms with E-state index in [1.165, 1.54) is 24.4 Å². The minimum absolute atomic E-state index is 0.0553. The van der Waals surface area contributed by atoms with Gasteiger partial charge in [-0.3, -0.25) is 10.1 Å². The zero-order valence-electron chi connectivity index (χ0n) is 12.5. The summed E-state index contributed by atoms with van der Waals surface area (Å²) < 4.78 is 19.3. The number of carboxylic acid groups (broad SMARTS) is 1. The predicted molar refractivity (Wildman–Crippen MR) is 83.7 cm³/mol. The van der Waals surface area contributed by atoms with Gasteiger partial charge in [-0.25, -0.2) is 14.2 Å². The van der Waals surface area contributed by atoms with Crippen LogP contribution in [0.5, 0.6) is 11.5 Å². The summed E-state index contributed by atoms with van der Waals surface area (Å²) in [6.45, 7) is 0. The Bertz CT molecular complexity index is 793. The maximum absolute atomic E-state index is 13.8. The number of rotatable bonds is 5. The van der Waals surface area contributed by atoms with Crippen LogP contribution in [0, 0.1) is 11.7 Å². The van der Waals surface area contributed by atoms with Crippen LogP contribution in [-0.2, 0) is 4.79 Å². The molecule has 0 radical (unpaired) electrons. The Hall–Kier alpha value is -3.16. The van der Waals surface area contributed by atoms with E-state index in [1.807, 2.05) is 5.32 Å². The van der Waals surface area contributed by atoms with Gasteiger partial charge in [0.2, 0.25) is 5.91 Å². The molecule has 2 aromatic rings. The number of ether oxygens (including phenoxy) is 1. The molecule has 1 saturated carbocycles. The third-order valence-corrected chi connectivity index (χ3v) is 3.35. The van der Waals surface area contributed by atoms with Crippen molar-refractivity contribution < 1.29 is 23.8 Å². The molecule has 124 valence electrons. The van der Waals surface area contributed by atoms with Crippen molar-refractivity contribution in [2.24, 2.45) is 5.92 Å². The van der Waals surface area contributed by atoms with Crippen LogP contribution in [0.4, 0.5) is 20.7 Å². The van der Waals surface area contributed by atoms with Crippen molar-refractivity contribution in [3.63, 3.8) is 0 Å². The Kier molecular flexibility index (Phi) is 4.28. The van der Waals surface area contributed by atoms with E-state index in [4.69, 9.17) is 9.84 Å². The molecule has 0 saturated heterocycles. The van der Waals surface area contributed by atoms with Gasteiger partial charge in [-0.05, 0) is 31.0 Å². The number of aromatic nitrogens is 1. The summed E-state index contributed by atoms with van der Waals surface area (Å²) in [5.74, 6) is 0.137. The Morgan fingerprint density at radius 1 is 1.17 bits per heavy atom. The molecular formula is C16H14FN3O4. The summed E-state index contributed by atoms with van der Waals surface area (Å²) in [7, 11) is 0. The van der Waals surface area contributed by atoms with Gasteiger partial charge in [0.25, 0.3) is 0 Å². The third kappa shape index (κ3) is 3.97. The number of carbonyl (C=O) groups excluding carboxylic acids is 1. The molecule has 1 aliphatic carbocycles. The molecule has 1 heterocycles. The second-order valence-corrected chi connectivity index (χ2v) is 5.31. The average molecular weight is 331 g/mol. The standard InChI is InChI=1S/C16H14FN3O4/c17-12-7-10(3-4-13(12)19-16(22)23)24-11-5-6-18-14(8-11)20-15(21)9-1-2-9/h3-9,19H,1-2H2,(H,22,23)(H,18,20,21). The predicted octanol–water partition coefficient (Wildman–Crippen LogP) is 3.45. The number of benzene rings is 1. The Morgan fingerprint density at radius 3 is 2.58 bits per heavy atom. The molecule has 1 fully saturated rings. The zero-order chi connectivity index (χ0) is 17.1. The molecule has 7 nitrogen and oxygen atoms in total. The van der Waals surface area contributed by atoms with E-state index in [2.05, 4.69) is 10.3 Å². The van der Waals surface area contributed by atoms with Crippen LogP contribution in [0.15, 0.2) is 36.5 Å². The number of nitrogens with one attached hydrogen (secondary N) is 2. The Balaban J connectivity index is 1.70. The zero-order valence-corrected chi connectivity index (χ0v) is 12.5. The molecule has 1 aromatic carbocycles. The van der Waals surface area contributed by atoms with Crippen LogP contribution >= 0.6 is 0 Å². The van der Waals surface area contributed by atoms with E-state index in [9.17, 15) is 14.0 Å². The summed E-state index contributed by atoms with van der Waals surface area (Å²) in [4.78, 5) is 26.3. The largest absolute Gasteiger partial charge is 0.465 e. The van der Waals surface area contributed by atoms with Crippen LogP contribution in [-0.4, -0.2) is 22.1 Å². The van der Waals surface area contributed by atoms with E-state index >= 15 is 0 Å². The summed E-state index contributed by atoms with van der Waals surface area (Å²) in [6, 6.07) is 6.84. The maximum Gasteiger partial charge on any atom is 0.409 e. The maximum atomic E-state index is 13.8. The van der Waals surface area contributed by atoms with E-state index < -0.39 is 11.9 Å². The van der Waals surface area contributed by atoms with Crippen molar-refractivity contribution in [1.82, 2.24) is 4.98 Å². The molecular weight excluding hydrogens is 317 g/mol. The van der Waals surface area contributed by atoms with E-state index in [0.29, 0.717) is 11.6 Å². The Labute approximate surface area is 136 Å². The molecule has 1 aromatic heterocycles. The molecule has 0 aliphatic heterocycles. The lowest BCUT2D eigenvalue weighted by Gasteiger charge is -2.09. The number of nitrogens with zero attached hydrogens (tertiary/aromatic N) is 1. The fraction of sp³-hybridized carbons (Fsp3) is 0.188. The van der Waals surface area contributed by atoms with Crippen molar-refractivity contribution in [3.8, 4) is 11.5 Å². The topological polar surface area (TPSA) is 101 Å². The fourth-order valence-corrected chi connectivity index (χ4v) is 2.03. The first kappa shape index (κ1) is 15.7. The number of hydrogen-bond donors (Lipinski definition) is 3. The second-order valence-electron chi connectivity index (χ2n) is 5.31. The fourth-order valence-electron chi connectivity index (χ4n) is 2.03. The smallest absolute Gasteiger partial charge is 0.409 e. The highest BCUT2D eigenvalue weighted by atomic mass is 19.1. The van der Waals surface area contributed by atoms with E-state index in [1.54, 1.807) is 6.07 Å². The molecule has 2 amide bonds. The highest BCUT2D eigenvalue weighted by Crippen LogP contribution is 2.31. The van der Waals surface area contributed by atoms with Gasteiger partial charge in [-0.2, -0.15) is 0 Å². The van der Waals surface area contributed by atoms with Gasteiger partial charge in [0.1, 0.15) is 17.3 Å². The number of anilines is 2. The van der Waals surface area contributed by atoms with E-state index in [-0.39, 0.29) is 23.3 Å². The van der Waals surface area contributed by atoms with Gasteiger partial charge in [-0.1, -0.05) is 0 Å². The molecule has 0 bridgehead atoms. The lowest BCUT2D eigenvalue weighted by Crippen LogP contribution is -2.14. The van der Waals surface area contributed by atoms with Crippen LogP contribution in [0.3, 0.4) is 0 Å². The van der Waals surface area contributed by atoms with Crippen LogP contribution in [0.2, 0.25) is 0 Å². The first-order valence-electron chi connectivity index (χ1n) is 7.25. The summed E-state index contributed by atoms with van der Waals surface area (Å²) in [6.07, 6.45) is 1.89. The molecule has 0 spiro atoms. The van der Waals surface area contributed by atoms with Gasteiger partial charge < -0.3 is 15.2 Å². The molecule has 24 heavy (non-hydrogen) atoms. The highest BCUT2D eigenvalue weighted by molar-refractivity contribution is 5.93. The monoisotopic (exact) mass is 331 g/mol. The van der Waals surface area contributed by atoms with Crippen LogP contribution in [0.1, 0.15) is 12.8 Å². The van der Waals surface area contributed by atoms with Gasteiger partial charge in [0.15, 0.2) is 5.82 Å². The molecule has 0 unspecified atom stereocenters. The van der Waals surface area contributed by atoms with Gasteiger partial charge >= 0.3 is 6.09 Å². The van der Waals surface area contributed by atoms with Crippen molar-refractivity contribution in [3.05, 3.63) is 42.3 Å². The number of hydrogen-bond acceptors (Lipinski definition) is 4. The minimum atomic E-state index is -1.35. The third-order valence-electron chi connectivity index (χ3n) is 3.35. The Morgan fingerprint density at radius 2 is 1.92 bits per heavy atom. The average Bonchev–Trinajstić information content (AvgIpc) is 3.35. The van der Waals surface area contributed by atoms with Crippen molar-refractivity contribution >= 4 is 23.5 Å². The summed E-state index contributed by atoms with van der Waals surface area (Å²) >= 11 is 0. The van der Waals surface area contributed by atoms with Crippen LogP contribution < -0.4 is 15.4 Å². The van der Waals surface area contributed by atoms with Crippen LogP contribution in [0.25, 0.3) is 0 Å². The van der Waals surface area contributed by atoms with Gasteiger partial charge in [-0.15, -0.1) is 0 Å². The van der Waals surface area contributed by atoms with Crippen molar-refractivity contribution in [2.75, 3.05) is 10.6 Å². The highest BCUT2D eigenvalue weighted by Gasteiger charge is 2.29. The number of amides is 2. The molecule has 3 N–H and O–H groups in total. The lowest BCUT2D eigenvalue weighted by molar-refractivity contribution is -0.117. The van der Waals surface area contributed by atoms with Gasteiger partial charge in [0.05, 0.1) is 5.69 Å². The summed E-state index contributed by atoms with van der Waals surface area (Å²) in [5.41, 5.74) is -0.165. The normalized spacial score (nSPS) is 13.2. The van der Waals surface area contributed by atoms with Crippen molar-refractivity contribution in [1.29, 1.82) is 0 Å². The van der Waals surface area contributed by atoms with Crippen molar-refractivity contribution in [2.45, 2.75) is 12.8 Å². The molecule has 0 atom stereocenters. The van der Waals surface area contributed by atoms with Gasteiger partial charge in [0, 0.05) is 24.2 Å². The first-order valence-corrected chi connectivity index (χ1v) is 7.25.